The average molecular weight is 242 g/mol. The van der Waals surface area contributed by atoms with E-state index in [2.05, 4.69) is 10.6 Å². The van der Waals surface area contributed by atoms with Crippen LogP contribution in [0.15, 0.2) is 0 Å². The summed E-state index contributed by atoms with van der Waals surface area (Å²) < 4.78 is 10.5. The van der Waals surface area contributed by atoms with Gasteiger partial charge in [-0.2, -0.15) is 0 Å². The van der Waals surface area contributed by atoms with E-state index in [9.17, 15) is 9.59 Å². The molecule has 0 aliphatic carbocycles. The van der Waals surface area contributed by atoms with Crippen LogP contribution in [-0.2, 0) is 14.3 Å². The molecule has 2 saturated heterocycles. The summed E-state index contributed by atoms with van der Waals surface area (Å²) in [5.74, 6) is -0.268. The number of carbonyl (C=O) groups is 2. The van der Waals surface area contributed by atoms with Crippen LogP contribution < -0.4 is 10.6 Å². The van der Waals surface area contributed by atoms with Crippen LogP contribution in [0.4, 0.5) is 4.79 Å². The van der Waals surface area contributed by atoms with Crippen LogP contribution >= 0.6 is 0 Å². The predicted molar refractivity (Wildman–Crippen MR) is 59.5 cm³/mol. The maximum Gasteiger partial charge on any atom is 0.407 e. The summed E-state index contributed by atoms with van der Waals surface area (Å²) in [6.45, 7) is 4.73. The molecule has 96 valence electrons. The van der Waals surface area contributed by atoms with Crippen molar-refractivity contribution in [1.29, 1.82) is 0 Å². The summed E-state index contributed by atoms with van der Waals surface area (Å²) in [5, 5.41) is 5.63. The minimum Gasteiger partial charge on any atom is -0.454 e. The lowest BCUT2D eigenvalue weighted by molar-refractivity contribution is -0.167. The Morgan fingerprint density at radius 2 is 2.29 bits per heavy atom. The van der Waals surface area contributed by atoms with Gasteiger partial charge >= 0.3 is 12.1 Å². The number of hydrogen-bond donors (Lipinski definition) is 2. The first-order valence-corrected chi connectivity index (χ1v) is 5.90. The van der Waals surface area contributed by atoms with Gasteiger partial charge in [0.25, 0.3) is 0 Å². The molecule has 17 heavy (non-hydrogen) atoms. The average Bonchev–Trinajstić information content (AvgIpc) is 2.86. The van der Waals surface area contributed by atoms with Gasteiger partial charge in [0.1, 0.15) is 11.6 Å². The van der Waals surface area contributed by atoms with Crippen LogP contribution in [0, 0.1) is 0 Å². The topological polar surface area (TPSA) is 76.7 Å². The fourth-order valence-electron chi connectivity index (χ4n) is 2.06. The minimum atomic E-state index is -0.805. The quantitative estimate of drug-likeness (QED) is 0.690. The summed E-state index contributed by atoms with van der Waals surface area (Å²) in [6, 6.07) is -0.223. The van der Waals surface area contributed by atoms with Gasteiger partial charge in [-0.25, -0.2) is 4.79 Å². The van der Waals surface area contributed by atoms with E-state index in [0.29, 0.717) is 6.54 Å². The number of esters is 1. The number of cyclic esters (lactones) is 1. The first-order chi connectivity index (χ1) is 7.99. The third-order valence-corrected chi connectivity index (χ3v) is 3.16. The number of nitrogens with one attached hydrogen (secondary N) is 2. The standard InChI is InChI=1S/C11H18N2O4/c1-11(2,8-6-13-10(15)16-8)17-9(14)7-4-3-5-12-7/h7-8,12H,3-6H2,1-2H3,(H,13,15)/t7-,8-/m0/s1. The highest BCUT2D eigenvalue weighted by molar-refractivity contribution is 5.76. The molecule has 0 radical (unpaired) electrons. The molecule has 0 bridgehead atoms. The Morgan fingerprint density at radius 1 is 1.53 bits per heavy atom. The number of amides is 1. The molecular formula is C11H18N2O4. The molecule has 0 spiro atoms. The van der Waals surface area contributed by atoms with E-state index < -0.39 is 17.8 Å². The monoisotopic (exact) mass is 242 g/mol. The van der Waals surface area contributed by atoms with Gasteiger partial charge in [-0.3, -0.25) is 4.79 Å². The zero-order valence-corrected chi connectivity index (χ0v) is 10.1. The molecule has 6 nitrogen and oxygen atoms in total. The Hall–Kier alpha value is -1.30. The van der Waals surface area contributed by atoms with Gasteiger partial charge in [-0.1, -0.05) is 0 Å². The van der Waals surface area contributed by atoms with Crippen molar-refractivity contribution in [3.8, 4) is 0 Å². The van der Waals surface area contributed by atoms with Crippen molar-refractivity contribution in [2.45, 2.75) is 44.4 Å². The number of alkyl carbamates (subject to hydrolysis) is 1. The van der Waals surface area contributed by atoms with Crippen LogP contribution in [0.3, 0.4) is 0 Å². The Balaban J connectivity index is 1.91. The molecule has 0 saturated carbocycles. The van der Waals surface area contributed by atoms with Crippen molar-refractivity contribution in [3.05, 3.63) is 0 Å². The van der Waals surface area contributed by atoms with E-state index in [-0.39, 0.29) is 12.0 Å². The Bertz CT molecular complexity index is 323. The van der Waals surface area contributed by atoms with E-state index >= 15 is 0 Å². The number of carbonyl (C=O) groups excluding carboxylic acids is 2. The molecule has 2 atom stereocenters. The zero-order valence-electron chi connectivity index (χ0n) is 10.1. The summed E-state index contributed by atoms with van der Waals surface area (Å²) in [6.07, 6.45) is 0.899. The summed E-state index contributed by atoms with van der Waals surface area (Å²) in [4.78, 5) is 22.8. The smallest absolute Gasteiger partial charge is 0.407 e. The number of rotatable bonds is 3. The first kappa shape index (κ1) is 12.2. The molecule has 1 amide bonds. The molecule has 0 aromatic rings. The van der Waals surface area contributed by atoms with Gasteiger partial charge in [0.15, 0.2) is 6.10 Å². The Morgan fingerprint density at radius 3 is 2.82 bits per heavy atom. The highest BCUT2D eigenvalue weighted by atomic mass is 16.6. The first-order valence-electron chi connectivity index (χ1n) is 5.90. The third-order valence-electron chi connectivity index (χ3n) is 3.16. The summed E-state index contributed by atoms with van der Waals surface area (Å²) in [7, 11) is 0. The van der Waals surface area contributed by atoms with Crippen molar-refractivity contribution < 1.29 is 19.1 Å². The van der Waals surface area contributed by atoms with Gasteiger partial charge in [-0.05, 0) is 33.2 Å². The van der Waals surface area contributed by atoms with Gasteiger partial charge < -0.3 is 20.1 Å². The van der Waals surface area contributed by atoms with Crippen molar-refractivity contribution in [1.82, 2.24) is 10.6 Å². The molecule has 2 N–H and O–H groups in total. The van der Waals surface area contributed by atoms with E-state index in [1.54, 1.807) is 13.8 Å². The SMILES string of the molecule is CC(C)(OC(=O)[C@@H]1CCCN1)[C@@H]1CNC(=O)O1. The van der Waals surface area contributed by atoms with Crippen molar-refractivity contribution in [2.75, 3.05) is 13.1 Å². The molecule has 2 heterocycles. The second kappa shape index (κ2) is 4.52. The van der Waals surface area contributed by atoms with E-state index in [1.165, 1.54) is 0 Å². The molecule has 6 heteroatoms. The predicted octanol–water partition coefficient (Wildman–Crippen LogP) is 0.169. The molecule has 0 aromatic carbocycles. The van der Waals surface area contributed by atoms with Crippen molar-refractivity contribution in [2.24, 2.45) is 0 Å². The highest BCUT2D eigenvalue weighted by Gasteiger charge is 2.41. The van der Waals surface area contributed by atoms with Crippen molar-refractivity contribution >= 4 is 12.1 Å². The van der Waals surface area contributed by atoms with Crippen LogP contribution in [-0.4, -0.2) is 42.9 Å². The van der Waals surface area contributed by atoms with Crippen LogP contribution in [0.25, 0.3) is 0 Å². The van der Waals surface area contributed by atoms with Gasteiger partial charge in [0.05, 0.1) is 6.54 Å². The van der Waals surface area contributed by atoms with E-state index in [4.69, 9.17) is 9.47 Å². The van der Waals surface area contributed by atoms with Crippen LogP contribution in [0.2, 0.25) is 0 Å². The Kier molecular flexibility index (Phi) is 3.24. The largest absolute Gasteiger partial charge is 0.454 e. The highest BCUT2D eigenvalue weighted by Crippen LogP contribution is 2.22. The maximum atomic E-state index is 11.9. The molecule has 2 fully saturated rings. The minimum absolute atomic E-state index is 0.223. The molecule has 0 unspecified atom stereocenters. The fraction of sp³-hybridized carbons (Fsp3) is 0.818. The number of hydrogen-bond acceptors (Lipinski definition) is 5. The van der Waals surface area contributed by atoms with Gasteiger partial charge in [-0.15, -0.1) is 0 Å². The summed E-state index contributed by atoms with van der Waals surface area (Å²) in [5.41, 5.74) is -0.805. The molecule has 2 rings (SSSR count). The number of ether oxygens (including phenoxy) is 2. The Labute approximate surface area is 100 Å². The van der Waals surface area contributed by atoms with Gasteiger partial charge in [0, 0.05) is 0 Å². The van der Waals surface area contributed by atoms with Crippen LogP contribution in [0.1, 0.15) is 26.7 Å². The molecule has 2 aliphatic rings. The molecular weight excluding hydrogens is 224 g/mol. The zero-order chi connectivity index (χ0) is 12.5. The summed E-state index contributed by atoms with van der Waals surface area (Å²) >= 11 is 0. The second-order valence-corrected chi connectivity index (χ2v) is 4.95. The fourth-order valence-corrected chi connectivity index (χ4v) is 2.06. The van der Waals surface area contributed by atoms with Crippen LogP contribution in [0.5, 0.6) is 0 Å². The normalized spacial score (nSPS) is 28.7. The molecule has 0 aromatic heterocycles. The van der Waals surface area contributed by atoms with Crippen molar-refractivity contribution in [3.63, 3.8) is 0 Å². The second-order valence-electron chi connectivity index (χ2n) is 4.95. The third kappa shape index (κ3) is 2.69. The molecule has 2 aliphatic heterocycles. The lowest BCUT2D eigenvalue weighted by atomic mass is 10.0. The van der Waals surface area contributed by atoms with E-state index in [1.807, 2.05) is 0 Å². The lowest BCUT2D eigenvalue weighted by Gasteiger charge is -2.30. The lowest BCUT2D eigenvalue weighted by Crippen LogP contribution is -2.46. The van der Waals surface area contributed by atoms with Gasteiger partial charge in [0.2, 0.25) is 0 Å². The van der Waals surface area contributed by atoms with E-state index in [0.717, 1.165) is 19.4 Å². The maximum absolute atomic E-state index is 11.9.